The molecule has 0 saturated heterocycles. The third-order valence-electron chi connectivity index (χ3n) is 5.47. The molecule has 7 heteroatoms. The van der Waals surface area contributed by atoms with E-state index < -0.39 is 10.8 Å². The first kappa shape index (κ1) is 27.0. The summed E-state index contributed by atoms with van der Waals surface area (Å²) in [6, 6.07) is 14.8. The van der Waals surface area contributed by atoms with E-state index in [0.29, 0.717) is 29.4 Å². The molecule has 192 valence electrons. The van der Waals surface area contributed by atoms with E-state index in [1.54, 1.807) is 6.07 Å². The van der Waals surface area contributed by atoms with E-state index in [1.807, 2.05) is 90.9 Å². The van der Waals surface area contributed by atoms with Gasteiger partial charge < -0.3 is 18.9 Å². The van der Waals surface area contributed by atoms with Crippen molar-refractivity contribution in [3.63, 3.8) is 0 Å². The van der Waals surface area contributed by atoms with Crippen molar-refractivity contribution >= 4 is 33.4 Å². The van der Waals surface area contributed by atoms with Crippen LogP contribution in [0, 0.1) is 10.8 Å². The maximum Gasteiger partial charge on any atom is 0.203 e. The highest BCUT2D eigenvalue weighted by Crippen LogP contribution is 2.29. The van der Waals surface area contributed by atoms with Gasteiger partial charge in [0, 0.05) is 27.1 Å². The Labute approximate surface area is 211 Å². The minimum absolute atomic E-state index is 0.0108. The topological polar surface area (TPSA) is 108 Å². The van der Waals surface area contributed by atoms with E-state index in [4.69, 9.17) is 19.6 Å². The van der Waals surface area contributed by atoms with Gasteiger partial charge in [-0.1, -0.05) is 41.5 Å². The average Bonchev–Trinajstić information content (AvgIpc) is 3.41. The summed E-state index contributed by atoms with van der Waals surface area (Å²) in [6.45, 7) is 14.1. The lowest BCUT2D eigenvalue weighted by atomic mass is 9.89. The number of hydrogen-bond donors (Lipinski definition) is 2. The van der Waals surface area contributed by atoms with Crippen molar-refractivity contribution in [2.24, 2.45) is 16.6 Å². The Kier molecular flexibility index (Phi) is 7.94. The number of benzene rings is 2. The molecule has 0 radical (unpaired) electrons. The van der Waals surface area contributed by atoms with Gasteiger partial charge in [0.05, 0.1) is 12.3 Å². The molecular weight excluding hydrogens is 456 g/mol. The van der Waals surface area contributed by atoms with E-state index in [1.165, 1.54) is 0 Å². The molecule has 36 heavy (non-hydrogen) atoms. The molecule has 0 aliphatic heterocycles. The summed E-state index contributed by atoms with van der Waals surface area (Å²) in [6.07, 6.45) is 0. The fourth-order valence-electron chi connectivity index (χ4n) is 3.58. The van der Waals surface area contributed by atoms with Gasteiger partial charge in [0.25, 0.3) is 0 Å². The third kappa shape index (κ3) is 6.34. The highest BCUT2D eigenvalue weighted by atomic mass is 16.5. The second-order valence-electron chi connectivity index (χ2n) is 10.6. The maximum atomic E-state index is 12.2. The Hall–Kier alpha value is -3.58. The van der Waals surface area contributed by atoms with Crippen molar-refractivity contribution in [2.45, 2.75) is 48.5 Å². The highest BCUT2D eigenvalue weighted by molar-refractivity contribution is 6.02. The number of carbonyl (C=O) groups excluding carboxylic acids is 2. The fraction of sp³-hybridized carbons (Fsp3) is 0.379. The van der Waals surface area contributed by atoms with Gasteiger partial charge in [0.2, 0.25) is 5.78 Å². The first-order valence-corrected chi connectivity index (χ1v) is 12.0. The number of fused-ring (bicyclic) bond motifs is 2. The SMILES string of the molecule is CC(C)(C)C(=O)c1cc2cc(OCN)ccc2[nH]1.CCOc1ccc2oc(C(=O)C(C)(C)C)cc2c1. The van der Waals surface area contributed by atoms with Crippen molar-refractivity contribution in [3.8, 4) is 11.5 Å². The molecule has 0 spiro atoms. The van der Waals surface area contributed by atoms with Crippen LogP contribution in [-0.4, -0.2) is 29.9 Å². The van der Waals surface area contributed by atoms with Gasteiger partial charge in [0.15, 0.2) is 11.5 Å². The number of nitrogens with one attached hydrogen (secondary N) is 1. The minimum atomic E-state index is -0.434. The summed E-state index contributed by atoms with van der Waals surface area (Å²) >= 11 is 0. The lowest BCUT2D eigenvalue weighted by Gasteiger charge is -2.14. The van der Waals surface area contributed by atoms with Crippen LogP contribution in [-0.2, 0) is 0 Å². The highest BCUT2D eigenvalue weighted by Gasteiger charge is 2.26. The van der Waals surface area contributed by atoms with Gasteiger partial charge in [-0.05, 0) is 55.5 Å². The molecule has 3 N–H and O–H groups in total. The first-order valence-electron chi connectivity index (χ1n) is 12.0. The summed E-state index contributed by atoms with van der Waals surface area (Å²) in [4.78, 5) is 27.4. The van der Waals surface area contributed by atoms with Gasteiger partial charge >= 0.3 is 0 Å². The number of H-pyrrole nitrogens is 1. The normalized spacial score (nSPS) is 11.8. The molecule has 0 unspecified atom stereocenters. The van der Waals surface area contributed by atoms with Crippen molar-refractivity contribution in [1.82, 2.24) is 4.98 Å². The van der Waals surface area contributed by atoms with Crippen LogP contribution in [0.4, 0.5) is 0 Å². The Bertz CT molecular complexity index is 1260. The predicted octanol–water partition coefficient (Wildman–Crippen LogP) is 6.75. The number of furan rings is 1. The second kappa shape index (κ2) is 10.6. The number of ketones is 2. The summed E-state index contributed by atoms with van der Waals surface area (Å²) in [5.41, 5.74) is 6.77. The number of Topliss-reactive ketones (excluding diaryl/α,β-unsaturated/α-hetero) is 2. The number of carbonyl (C=O) groups is 2. The van der Waals surface area contributed by atoms with E-state index >= 15 is 0 Å². The fourth-order valence-corrected chi connectivity index (χ4v) is 3.58. The lowest BCUT2D eigenvalue weighted by molar-refractivity contribution is 0.0829. The molecule has 2 heterocycles. The van der Waals surface area contributed by atoms with E-state index in [0.717, 1.165) is 22.0 Å². The maximum absolute atomic E-state index is 12.2. The Balaban J connectivity index is 0.000000201. The monoisotopic (exact) mass is 492 g/mol. The van der Waals surface area contributed by atoms with Gasteiger partial charge in [-0.3, -0.25) is 15.3 Å². The summed E-state index contributed by atoms with van der Waals surface area (Å²) in [7, 11) is 0. The molecule has 0 fully saturated rings. The zero-order valence-electron chi connectivity index (χ0n) is 22.2. The van der Waals surface area contributed by atoms with Crippen LogP contribution in [0.25, 0.3) is 21.9 Å². The predicted molar refractivity (Wildman–Crippen MR) is 143 cm³/mol. The van der Waals surface area contributed by atoms with Crippen molar-refractivity contribution in [1.29, 1.82) is 0 Å². The summed E-state index contributed by atoms with van der Waals surface area (Å²) in [5.74, 6) is 2.02. The van der Waals surface area contributed by atoms with Crippen molar-refractivity contribution in [2.75, 3.05) is 13.3 Å². The molecule has 2 aromatic carbocycles. The quantitative estimate of drug-likeness (QED) is 0.228. The molecule has 2 aromatic heterocycles. The summed E-state index contributed by atoms with van der Waals surface area (Å²) < 4.78 is 16.2. The number of aromatic nitrogens is 1. The summed E-state index contributed by atoms with van der Waals surface area (Å²) in [5, 5.41) is 1.85. The molecule has 0 aliphatic carbocycles. The average molecular weight is 493 g/mol. The van der Waals surface area contributed by atoms with Gasteiger partial charge in [0.1, 0.15) is 23.8 Å². The second-order valence-corrected chi connectivity index (χ2v) is 10.6. The van der Waals surface area contributed by atoms with Gasteiger partial charge in [-0.15, -0.1) is 0 Å². The number of aromatic amines is 1. The molecule has 0 atom stereocenters. The number of rotatable bonds is 6. The molecule has 0 amide bonds. The van der Waals surface area contributed by atoms with Crippen LogP contribution < -0.4 is 15.2 Å². The minimum Gasteiger partial charge on any atom is -0.494 e. The van der Waals surface area contributed by atoms with E-state index in [-0.39, 0.29) is 18.3 Å². The van der Waals surface area contributed by atoms with Crippen LogP contribution in [0.15, 0.2) is 52.9 Å². The van der Waals surface area contributed by atoms with Crippen LogP contribution in [0.3, 0.4) is 0 Å². The molecule has 0 saturated carbocycles. The molecular formula is C29H36N2O5. The van der Waals surface area contributed by atoms with Crippen LogP contribution in [0.5, 0.6) is 11.5 Å². The number of hydrogen-bond acceptors (Lipinski definition) is 6. The standard InChI is InChI=1S/C15H18O3.C14H18N2O2/c1-5-17-11-6-7-12-10(8-11)9-13(18-12)14(16)15(2,3)4;1-14(2,3)13(17)12-7-9-6-10(18-8-15)4-5-11(9)16-12/h6-9H,5H2,1-4H3;4-7,16H,8,15H2,1-3H3. The number of nitrogens with two attached hydrogens (primary N) is 1. The zero-order chi connectivity index (χ0) is 26.7. The molecule has 4 aromatic rings. The largest absolute Gasteiger partial charge is 0.494 e. The van der Waals surface area contributed by atoms with Gasteiger partial charge in [-0.25, -0.2) is 0 Å². The Morgan fingerprint density at radius 3 is 2.06 bits per heavy atom. The van der Waals surface area contributed by atoms with Crippen molar-refractivity contribution < 1.29 is 23.5 Å². The Morgan fingerprint density at radius 1 is 0.833 bits per heavy atom. The van der Waals surface area contributed by atoms with E-state index in [2.05, 4.69) is 4.98 Å². The smallest absolute Gasteiger partial charge is 0.203 e. The van der Waals surface area contributed by atoms with Crippen molar-refractivity contribution in [3.05, 3.63) is 60.0 Å². The third-order valence-corrected chi connectivity index (χ3v) is 5.47. The molecule has 0 aliphatic rings. The molecule has 0 bridgehead atoms. The van der Waals surface area contributed by atoms with Crippen LogP contribution >= 0.6 is 0 Å². The van der Waals surface area contributed by atoms with Crippen LogP contribution in [0.1, 0.15) is 69.5 Å². The number of ether oxygens (including phenoxy) is 2. The van der Waals surface area contributed by atoms with Gasteiger partial charge in [-0.2, -0.15) is 0 Å². The van der Waals surface area contributed by atoms with E-state index in [9.17, 15) is 9.59 Å². The van der Waals surface area contributed by atoms with Crippen LogP contribution in [0.2, 0.25) is 0 Å². The molecule has 7 nitrogen and oxygen atoms in total. The first-order chi connectivity index (χ1) is 16.8. The lowest BCUT2D eigenvalue weighted by Crippen LogP contribution is -2.20. The Morgan fingerprint density at radius 2 is 1.44 bits per heavy atom. The molecule has 4 rings (SSSR count). The zero-order valence-corrected chi connectivity index (χ0v) is 22.2.